The quantitative estimate of drug-likeness (QED) is 0.181. The summed E-state index contributed by atoms with van der Waals surface area (Å²) in [6.45, 7) is 0.684. The molecule has 8 heterocycles. The number of benzene rings is 1. The molecule has 0 saturated carbocycles. The first kappa shape index (κ1) is 30.0. The van der Waals surface area contributed by atoms with Crippen molar-refractivity contribution in [2.24, 2.45) is 0 Å². The maximum absolute atomic E-state index is 14.3. The highest BCUT2D eigenvalue weighted by molar-refractivity contribution is 7.23. The van der Waals surface area contributed by atoms with E-state index in [1.165, 1.54) is 11.1 Å². The van der Waals surface area contributed by atoms with Crippen molar-refractivity contribution in [3.05, 3.63) is 111 Å². The van der Waals surface area contributed by atoms with Crippen LogP contribution in [0.2, 0.25) is 0 Å². The molecule has 6 aromatic heterocycles. The van der Waals surface area contributed by atoms with Crippen LogP contribution < -0.4 is 15.8 Å². The molecule has 2 atom stereocenters. The van der Waals surface area contributed by atoms with Crippen LogP contribution in [0.3, 0.4) is 0 Å². The van der Waals surface area contributed by atoms with Gasteiger partial charge in [-0.05, 0) is 90.9 Å². The smallest absolute Gasteiger partial charge is 0.434 e. The molecule has 2 N–H and O–H groups in total. The second-order valence-electron chi connectivity index (χ2n) is 13.3. The fourth-order valence-corrected chi connectivity index (χ4v) is 9.40. The molecule has 1 aromatic carbocycles. The van der Waals surface area contributed by atoms with E-state index >= 15 is 0 Å². The highest BCUT2D eigenvalue weighted by atomic mass is 32.1. The molecule has 2 aliphatic heterocycles. The molecule has 254 valence electrons. The Labute approximate surface area is 295 Å². The van der Waals surface area contributed by atoms with Crippen LogP contribution in [0.25, 0.3) is 37.6 Å². The predicted molar refractivity (Wildman–Crippen MR) is 192 cm³/mol. The summed E-state index contributed by atoms with van der Waals surface area (Å²) < 4.78 is 14.3. The summed E-state index contributed by atoms with van der Waals surface area (Å²) in [4.78, 5) is 44.0. The zero-order chi connectivity index (χ0) is 34.2. The minimum Gasteiger partial charge on any atom is -0.496 e. The zero-order valence-corrected chi connectivity index (χ0v) is 28.5. The molecular weight excluding hydrogens is 665 g/mol. The molecule has 7 aromatic rings. The number of amides is 1. The van der Waals surface area contributed by atoms with E-state index in [0.29, 0.717) is 36.1 Å². The van der Waals surface area contributed by atoms with E-state index in [2.05, 4.69) is 44.8 Å². The van der Waals surface area contributed by atoms with Crippen molar-refractivity contribution < 1.29 is 13.9 Å². The van der Waals surface area contributed by atoms with E-state index in [9.17, 15) is 9.59 Å². The van der Waals surface area contributed by atoms with Crippen LogP contribution in [0.15, 0.2) is 76.5 Å². The molecule has 51 heavy (non-hydrogen) atoms. The fraction of sp³-hybridized carbons (Fsp3) is 0.263. The Morgan fingerprint density at radius 2 is 1.98 bits per heavy atom. The molecule has 10 rings (SSSR count). The van der Waals surface area contributed by atoms with Gasteiger partial charge in [0.2, 0.25) is 0 Å². The van der Waals surface area contributed by atoms with Crippen LogP contribution in [0.1, 0.15) is 69.8 Å². The number of methoxy groups -OCH3 is 1. The molecule has 0 bridgehead atoms. The van der Waals surface area contributed by atoms with Crippen LogP contribution in [-0.4, -0.2) is 54.0 Å². The summed E-state index contributed by atoms with van der Waals surface area (Å²) >= 11 is 1.57. The number of thiophene rings is 1. The van der Waals surface area contributed by atoms with Crippen LogP contribution in [-0.2, 0) is 19.3 Å². The van der Waals surface area contributed by atoms with Gasteiger partial charge in [-0.1, -0.05) is 12.1 Å². The minimum absolute atomic E-state index is 0.0455. The van der Waals surface area contributed by atoms with Gasteiger partial charge in [-0.3, -0.25) is 9.78 Å². The topological polar surface area (TPSA) is 144 Å². The number of carbonyl (C=O) groups is 1. The molecule has 0 unspecified atom stereocenters. The summed E-state index contributed by atoms with van der Waals surface area (Å²) in [5.74, 6) is 1.10. The maximum atomic E-state index is 14.3. The molecule has 1 saturated heterocycles. The van der Waals surface area contributed by atoms with Crippen molar-refractivity contribution in [2.45, 2.75) is 50.6 Å². The van der Waals surface area contributed by atoms with Crippen molar-refractivity contribution in [1.82, 2.24) is 34.4 Å². The van der Waals surface area contributed by atoms with Gasteiger partial charge in [-0.2, -0.15) is 0 Å². The van der Waals surface area contributed by atoms with Gasteiger partial charge in [0.15, 0.2) is 0 Å². The lowest BCUT2D eigenvalue weighted by atomic mass is 9.93. The molecule has 1 amide bonds. The molecule has 12 nitrogen and oxygen atoms in total. The first-order valence-corrected chi connectivity index (χ1v) is 18.0. The Morgan fingerprint density at radius 3 is 2.86 bits per heavy atom. The number of H-pyrrole nitrogens is 1. The van der Waals surface area contributed by atoms with E-state index in [-0.39, 0.29) is 23.9 Å². The monoisotopic (exact) mass is 696 g/mol. The number of imidazole rings is 1. The van der Waals surface area contributed by atoms with E-state index in [4.69, 9.17) is 19.1 Å². The van der Waals surface area contributed by atoms with Crippen LogP contribution >= 0.6 is 11.3 Å². The number of hydrogen-bond donors (Lipinski definition) is 2. The number of nitrogens with zero attached hydrogens (tertiary/aromatic N) is 6. The number of fused-ring (bicyclic) bond motifs is 6. The number of pyridine rings is 3. The summed E-state index contributed by atoms with van der Waals surface area (Å²) in [5.41, 5.74) is 7.76. The largest absolute Gasteiger partial charge is 0.496 e. The normalized spacial score (nSPS) is 17.7. The lowest BCUT2D eigenvalue weighted by molar-refractivity contribution is 0.0776. The lowest BCUT2D eigenvalue weighted by Gasteiger charge is -2.16. The van der Waals surface area contributed by atoms with Crippen LogP contribution in [0.5, 0.6) is 5.75 Å². The zero-order valence-electron chi connectivity index (χ0n) is 27.7. The molecule has 0 spiro atoms. The number of rotatable bonds is 8. The first-order chi connectivity index (χ1) is 25.0. The van der Waals surface area contributed by atoms with E-state index in [0.717, 1.165) is 74.8 Å². The van der Waals surface area contributed by atoms with Crippen molar-refractivity contribution >= 4 is 38.8 Å². The Morgan fingerprint density at radius 1 is 1.04 bits per heavy atom. The Bertz CT molecular complexity index is 2580. The number of hydrogen-bond acceptors (Lipinski definition) is 10. The SMILES string of the molecule is COc1cccc2c1CC[C@@H]2Nc1nccc2cc(-c3c4c(nc(CCc5ccn6ccnc6c5)c3-c3n[nH]c(=O)o3)[C@H]3CCCN3C4=O)sc12. The molecular formula is C38H32N8O4S. The van der Waals surface area contributed by atoms with Crippen molar-refractivity contribution in [2.75, 3.05) is 19.0 Å². The fourth-order valence-electron chi connectivity index (χ4n) is 8.23. The average Bonchev–Trinajstić information content (AvgIpc) is 4.00. The van der Waals surface area contributed by atoms with Gasteiger partial charge < -0.3 is 23.8 Å². The van der Waals surface area contributed by atoms with Gasteiger partial charge in [0.1, 0.15) is 17.2 Å². The number of nitrogens with one attached hydrogen (secondary N) is 2. The van der Waals surface area contributed by atoms with Gasteiger partial charge in [-0.15, -0.1) is 16.4 Å². The Kier molecular flexibility index (Phi) is 6.85. The number of aromatic amines is 1. The van der Waals surface area contributed by atoms with Gasteiger partial charge >= 0.3 is 5.76 Å². The van der Waals surface area contributed by atoms with E-state index in [1.54, 1.807) is 24.6 Å². The lowest BCUT2D eigenvalue weighted by Crippen LogP contribution is -2.22. The molecule has 1 aliphatic carbocycles. The summed E-state index contributed by atoms with van der Waals surface area (Å²) in [7, 11) is 1.71. The molecule has 3 aliphatic rings. The first-order valence-electron chi connectivity index (χ1n) is 17.2. The molecule has 1 fully saturated rings. The van der Waals surface area contributed by atoms with Crippen molar-refractivity contribution in [3.8, 4) is 27.6 Å². The Hall–Kier alpha value is -5.82. The van der Waals surface area contributed by atoms with Crippen LogP contribution in [0, 0.1) is 0 Å². The van der Waals surface area contributed by atoms with Crippen molar-refractivity contribution in [1.29, 1.82) is 0 Å². The molecule has 13 heteroatoms. The van der Waals surface area contributed by atoms with Crippen molar-refractivity contribution in [3.63, 3.8) is 0 Å². The van der Waals surface area contributed by atoms with E-state index in [1.807, 2.05) is 46.1 Å². The summed E-state index contributed by atoms with van der Waals surface area (Å²) in [6, 6.07) is 14.4. The second kappa shape index (κ2) is 11.6. The number of anilines is 1. The number of aryl methyl sites for hydroxylation is 2. The Balaban J connectivity index is 1.13. The minimum atomic E-state index is -0.667. The third-order valence-corrected chi connectivity index (χ3v) is 11.7. The highest BCUT2D eigenvalue weighted by Crippen LogP contribution is 2.50. The van der Waals surface area contributed by atoms with Gasteiger partial charge in [-0.25, -0.2) is 19.9 Å². The second-order valence-corrected chi connectivity index (χ2v) is 14.4. The molecule has 0 radical (unpaired) electrons. The van der Waals surface area contributed by atoms with Gasteiger partial charge in [0, 0.05) is 41.8 Å². The predicted octanol–water partition coefficient (Wildman–Crippen LogP) is 6.53. The summed E-state index contributed by atoms with van der Waals surface area (Å²) in [5, 5.41) is 11.5. The summed E-state index contributed by atoms with van der Waals surface area (Å²) in [6.07, 6.45) is 12.3. The maximum Gasteiger partial charge on any atom is 0.434 e. The standard InChI is InChI=1S/C38H32N8O4S/c1-49-27-6-2-4-22-23(27)8-10-24(22)42-35-34-21(11-13-40-35)19-28(51-34)31-30(36-43-44-38(48)50-36)25(9-7-20-12-16-45-17-14-39-29(45)18-20)41-33-26-5-3-15-46(26)37(47)32(31)33/h2,4,6,11-14,16-19,24,26H,3,5,7-10,15H2,1H3,(H,40,42)(H,44,48)/t24-,26+/m0/s1. The average molecular weight is 697 g/mol. The van der Waals surface area contributed by atoms with Crippen LogP contribution in [0.4, 0.5) is 5.82 Å². The highest BCUT2D eigenvalue weighted by Gasteiger charge is 2.45. The number of aromatic nitrogens is 6. The number of carbonyl (C=O) groups excluding carboxylic acids is 1. The third kappa shape index (κ3) is 4.78. The van der Waals surface area contributed by atoms with Gasteiger partial charge in [0.05, 0.1) is 46.4 Å². The van der Waals surface area contributed by atoms with E-state index < -0.39 is 5.76 Å². The van der Waals surface area contributed by atoms with Gasteiger partial charge in [0.25, 0.3) is 11.8 Å². The number of ether oxygens (including phenoxy) is 1. The third-order valence-electron chi connectivity index (χ3n) is 10.5.